The van der Waals surface area contributed by atoms with Crippen molar-refractivity contribution < 1.29 is 14.6 Å². The lowest BCUT2D eigenvalue weighted by molar-refractivity contribution is 0.0232. The first kappa shape index (κ1) is 13.4. The molecule has 0 aromatic heterocycles. The number of nitrogens with one attached hydrogen (secondary N) is 1. The second-order valence-corrected chi connectivity index (χ2v) is 5.40. The monoisotopic (exact) mass is 313 g/mol. The molecule has 18 heavy (non-hydrogen) atoms. The van der Waals surface area contributed by atoms with E-state index in [4.69, 9.17) is 9.84 Å². The summed E-state index contributed by atoms with van der Waals surface area (Å²) < 4.78 is 6.28. The molecule has 1 aliphatic heterocycles. The molecule has 2 atom stereocenters. The molecule has 0 spiro atoms. The zero-order valence-corrected chi connectivity index (χ0v) is 11.7. The Morgan fingerprint density at radius 2 is 2.33 bits per heavy atom. The Labute approximate surface area is 114 Å². The largest absolute Gasteiger partial charge is 0.478 e. The van der Waals surface area contributed by atoms with Crippen LogP contribution in [0.1, 0.15) is 30.1 Å². The van der Waals surface area contributed by atoms with Crippen molar-refractivity contribution in [3.63, 3.8) is 0 Å². The van der Waals surface area contributed by atoms with Crippen LogP contribution in [0.15, 0.2) is 22.7 Å². The maximum Gasteiger partial charge on any atom is 0.335 e. The lowest BCUT2D eigenvalue weighted by atomic mass is 10.0. The van der Waals surface area contributed by atoms with Gasteiger partial charge in [-0.3, -0.25) is 0 Å². The number of carbonyl (C=O) groups is 1. The van der Waals surface area contributed by atoms with Crippen molar-refractivity contribution in [1.82, 2.24) is 0 Å². The van der Waals surface area contributed by atoms with E-state index in [-0.39, 0.29) is 11.7 Å². The quantitative estimate of drug-likeness (QED) is 0.900. The first-order valence-corrected chi connectivity index (χ1v) is 6.76. The maximum atomic E-state index is 10.8. The molecule has 1 aromatic rings. The highest BCUT2D eigenvalue weighted by molar-refractivity contribution is 9.10. The summed E-state index contributed by atoms with van der Waals surface area (Å²) in [6.45, 7) is 2.83. The molecular weight excluding hydrogens is 298 g/mol. The van der Waals surface area contributed by atoms with Crippen LogP contribution in [-0.2, 0) is 4.74 Å². The van der Waals surface area contributed by atoms with Crippen molar-refractivity contribution in [3.05, 3.63) is 28.2 Å². The van der Waals surface area contributed by atoms with E-state index in [0.29, 0.717) is 6.04 Å². The van der Waals surface area contributed by atoms with Crippen LogP contribution in [-0.4, -0.2) is 29.8 Å². The van der Waals surface area contributed by atoms with Gasteiger partial charge in [0.1, 0.15) is 0 Å². The molecule has 1 fully saturated rings. The number of rotatable bonds is 3. The van der Waals surface area contributed by atoms with Gasteiger partial charge in [0.05, 0.1) is 11.7 Å². The molecule has 1 saturated heterocycles. The highest BCUT2D eigenvalue weighted by atomic mass is 79.9. The molecule has 2 unspecified atom stereocenters. The lowest BCUT2D eigenvalue weighted by Crippen LogP contribution is -2.32. The Kier molecular flexibility index (Phi) is 4.24. The lowest BCUT2D eigenvalue weighted by Gasteiger charge is -2.29. The van der Waals surface area contributed by atoms with Gasteiger partial charge in [-0.25, -0.2) is 4.79 Å². The molecule has 1 aromatic carbocycles. The number of carboxylic acids is 1. The van der Waals surface area contributed by atoms with Gasteiger partial charge in [-0.05, 0) is 53.9 Å². The average Bonchev–Trinajstić information content (AvgIpc) is 2.31. The van der Waals surface area contributed by atoms with Crippen molar-refractivity contribution >= 4 is 27.6 Å². The first-order chi connectivity index (χ1) is 8.56. The summed E-state index contributed by atoms with van der Waals surface area (Å²) in [4.78, 5) is 10.8. The molecule has 5 heteroatoms. The van der Waals surface area contributed by atoms with Gasteiger partial charge >= 0.3 is 5.97 Å². The molecular formula is C13H16BrNO3. The zero-order chi connectivity index (χ0) is 13.1. The fourth-order valence-corrected chi connectivity index (χ4v) is 2.61. The first-order valence-electron chi connectivity index (χ1n) is 5.97. The fourth-order valence-electron chi connectivity index (χ4n) is 2.11. The van der Waals surface area contributed by atoms with Gasteiger partial charge in [-0.1, -0.05) is 0 Å². The number of hydrogen-bond donors (Lipinski definition) is 2. The number of ether oxygens (including phenoxy) is 1. The van der Waals surface area contributed by atoms with Crippen molar-refractivity contribution in [2.24, 2.45) is 0 Å². The minimum absolute atomic E-state index is 0.272. The van der Waals surface area contributed by atoms with E-state index in [9.17, 15) is 4.79 Å². The predicted molar refractivity (Wildman–Crippen MR) is 73.2 cm³/mol. The van der Waals surface area contributed by atoms with Crippen LogP contribution in [0, 0.1) is 0 Å². The van der Waals surface area contributed by atoms with Crippen molar-refractivity contribution in [3.8, 4) is 0 Å². The third-order valence-electron chi connectivity index (χ3n) is 3.06. The minimum Gasteiger partial charge on any atom is -0.478 e. The SMILES string of the molecule is CC1CC(Nc2ccc(C(=O)O)cc2Br)CCO1. The molecule has 0 saturated carbocycles. The van der Waals surface area contributed by atoms with Crippen LogP contribution in [0.3, 0.4) is 0 Å². The summed E-state index contributed by atoms with van der Waals surface area (Å²) in [5, 5.41) is 12.3. The summed E-state index contributed by atoms with van der Waals surface area (Å²) in [5.41, 5.74) is 1.21. The number of aromatic carboxylic acids is 1. The highest BCUT2D eigenvalue weighted by Crippen LogP contribution is 2.26. The van der Waals surface area contributed by atoms with Crippen molar-refractivity contribution in [1.29, 1.82) is 0 Å². The minimum atomic E-state index is -0.915. The van der Waals surface area contributed by atoms with Gasteiger partial charge in [-0.2, -0.15) is 0 Å². The summed E-state index contributed by atoms with van der Waals surface area (Å²) >= 11 is 3.40. The number of anilines is 1. The van der Waals surface area contributed by atoms with Gasteiger partial charge in [0.15, 0.2) is 0 Å². The van der Waals surface area contributed by atoms with Crippen LogP contribution < -0.4 is 5.32 Å². The maximum absolute atomic E-state index is 10.8. The van der Waals surface area contributed by atoms with Crippen molar-refractivity contribution in [2.45, 2.75) is 31.9 Å². The topological polar surface area (TPSA) is 58.6 Å². The van der Waals surface area contributed by atoms with E-state index in [0.717, 1.165) is 29.6 Å². The molecule has 98 valence electrons. The standard InChI is InChI=1S/C13H16BrNO3/c1-8-6-10(4-5-18-8)15-12-3-2-9(13(16)17)7-11(12)14/h2-3,7-8,10,15H,4-6H2,1H3,(H,16,17). The normalized spacial score (nSPS) is 23.7. The van der Waals surface area contributed by atoms with Crippen LogP contribution in [0.4, 0.5) is 5.69 Å². The molecule has 0 bridgehead atoms. The molecule has 2 rings (SSSR count). The predicted octanol–water partition coefficient (Wildman–Crippen LogP) is 3.13. The average molecular weight is 314 g/mol. The third kappa shape index (κ3) is 3.23. The number of hydrogen-bond acceptors (Lipinski definition) is 3. The van der Waals surface area contributed by atoms with E-state index < -0.39 is 5.97 Å². The van der Waals surface area contributed by atoms with Gasteiger partial charge < -0.3 is 15.2 Å². The van der Waals surface area contributed by atoms with Crippen LogP contribution >= 0.6 is 15.9 Å². The molecule has 0 aliphatic carbocycles. The van der Waals surface area contributed by atoms with E-state index in [1.807, 2.05) is 0 Å². The van der Waals surface area contributed by atoms with E-state index in [1.54, 1.807) is 18.2 Å². The second kappa shape index (κ2) is 5.71. The van der Waals surface area contributed by atoms with E-state index in [2.05, 4.69) is 28.2 Å². The van der Waals surface area contributed by atoms with E-state index in [1.165, 1.54) is 0 Å². The molecule has 1 heterocycles. The number of benzene rings is 1. The molecule has 2 N–H and O–H groups in total. The summed E-state index contributed by atoms with van der Waals surface area (Å²) in [6, 6.07) is 5.40. The Balaban J connectivity index is 2.07. The number of halogens is 1. The smallest absolute Gasteiger partial charge is 0.335 e. The fraction of sp³-hybridized carbons (Fsp3) is 0.462. The van der Waals surface area contributed by atoms with Crippen LogP contribution in [0.2, 0.25) is 0 Å². The van der Waals surface area contributed by atoms with Gasteiger partial charge in [0, 0.05) is 22.8 Å². The molecule has 0 amide bonds. The van der Waals surface area contributed by atoms with Crippen LogP contribution in [0.25, 0.3) is 0 Å². The Bertz CT molecular complexity index is 450. The Hall–Kier alpha value is -1.07. The summed E-state index contributed by atoms with van der Waals surface area (Å²) in [7, 11) is 0. The van der Waals surface area contributed by atoms with Gasteiger partial charge in [-0.15, -0.1) is 0 Å². The Morgan fingerprint density at radius 3 is 2.94 bits per heavy atom. The highest BCUT2D eigenvalue weighted by Gasteiger charge is 2.19. The molecule has 1 aliphatic rings. The summed E-state index contributed by atoms with van der Waals surface area (Å²) in [5.74, 6) is -0.915. The summed E-state index contributed by atoms with van der Waals surface area (Å²) in [6.07, 6.45) is 2.21. The van der Waals surface area contributed by atoms with Crippen molar-refractivity contribution in [2.75, 3.05) is 11.9 Å². The second-order valence-electron chi connectivity index (χ2n) is 4.55. The number of carboxylic acid groups (broad SMARTS) is 1. The zero-order valence-electron chi connectivity index (χ0n) is 10.1. The Morgan fingerprint density at radius 1 is 1.56 bits per heavy atom. The van der Waals surface area contributed by atoms with E-state index >= 15 is 0 Å². The third-order valence-corrected chi connectivity index (χ3v) is 3.72. The van der Waals surface area contributed by atoms with Crippen LogP contribution in [0.5, 0.6) is 0 Å². The van der Waals surface area contributed by atoms with Gasteiger partial charge in [0.25, 0.3) is 0 Å². The van der Waals surface area contributed by atoms with Gasteiger partial charge in [0.2, 0.25) is 0 Å². The molecule has 4 nitrogen and oxygen atoms in total. The molecule has 0 radical (unpaired) electrons.